The van der Waals surface area contributed by atoms with Crippen LogP contribution in [0, 0.1) is 17.2 Å². The lowest BCUT2D eigenvalue weighted by molar-refractivity contribution is 0.0684. The summed E-state index contributed by atoms with van der Waals surface area (Å²) >= 11 is 0. The Hall–Kier alpha value is -1.67. The Morgan fingerprint density at radius 2 is 2.29 bits per heavy atom. The normalized spacial score (nSPS) is 16.5. The number of nitrogens with zero attached hydrogens (tertiary/aromatic N) is 4. The van der Waals surface area contributed by atoms with Crippen LogP contribution in [-0.4, -0.2) is 36.8 Å². The SMILES string of the molecule is CN(CC1CCOCC1)c1nccc(C#N)n1. The molecule has 0 saturated carbocycles. The molecule has 0 bridgehead atoms. The first-order valence-electron chi connectivity index (χ1n) is 5.81. The van der Waals surface area contributed by atoms with E-state index in [0.717, 1.165) is 32.6 Å². The molecule has 5 nitrogen and oxygen atoms in total. The molecule has 17 heavy (non-hydrogen) atoms. The minimum atomic E-state index is 0.411. The molecule has 0 unspecified atom stereocenters. The first kappa shape index (κ1) is 11.8. The van der Waals surface area contributed by atoms with Gasteiger partial charge in [0.25, 0.3) is 0 Å². The Balaban J connectivity index is 1.98. The van der Waals surface area contributed by atoms with Crippen molar-refractivity contribution in [1.29, 1.82) is 5.26 Å². The molecule has 0 amide bonds. The van der Waals surface area contributed by atoms with Crippen molar-refractivity contribution in [3.63, 3.8) is 0 Å². The van der Waals surface area contributed by atoms with E-state index in [0.29, 0.717) is 17.6 Å². The lowest BCUT2D eigenvalue weighted by Crippen LogP contribution is -2.30. The number of nitriles is 1. The van der Waals surface area contributed by atoms with Crippen LogP contribution >= 0.6 is 0 Å². The predicted octanol–water partition coefficient (Wildman–Crippen LogP) is 1.21. The standard InChI is InChI=1S/C12H16N4O/c1-16(9-10-3-6-17-7-4-10)12-14-5-2-11(8-13)15-12/h2,5,10H,3-4,6-7,9H2,1H3. The largest absolute Gasteiger partial charge is 0.381 e. The van der Waals surface area contributed by atoms with Crippen LogP contribution in [-0.2, 0) is 4.74 Å². The molecule has 0 aliphatic carbocycles. The molecule has 0 aromatic carbocycles. The van der Waals surface area contributed by atoms with E-state index in [9.17, 15) is 0 Å². The van der Waals surface area contributed by atoms with E-state index >= 15 is 0 Å². The van der Waals surface area contributed by atoms with Crippen LogP contribution in [0.1, 0.15) is 18.5 Å². The van der Waals surface area contributed by atoms with Crippen molar-refractivity contribution in [3.05, 3.63) is 18.0 Å². The molecule has 1 aliphatic heterocycles. The van der Waals surface area contributed by atoms with Gasteiger partial charge in [-0.2, -0.15) is 5.26 Å². The molecule has 2 heterocycles. The quantitative estimate of drug-likeness (QED) is 0.784. The molecular weight excluding hydrogens is 216 g/mol. The fourth-order valence-electron chi connectivity index (χ4n) is 1.99. The predicted molar refractivity (Wildman–Crippen MR) is 63.6 cm³/mol. The van der Waals surface area contributed by atoms with Crippen molar-refractivity contribution in [2.24, 2.45) is 5.92 Å². The summed E-state index contributed by atoms with van der Waals surface area (Å²) < 4.78 is 5.33. The van der Waals surface area contributed by atoms with Crippen LogP contribution in [0.25, 0.3) is 0 Å². The van der Waals surface area contributed by atoms with Crippen LogP contribution in [0.3, 0.4) is 0 Å². The summed E-state index contributed by atoms with van der Waals surface area (Å²) in [5.41, 5.74) is 0.411. The van der Waals surface area contributed by atoms with Crippen LogP contribution in [0.15, 0.2) is 12.3 Å². The lowest BCUT2D eigenvalue weighted by atomic mass is 10.0. The van der Waals surface area contributed by atoms with Gasteiger partial charge in [0.1, 0.15) is 11.8 Å². The van der Waals surface area contributed by atoms with Gasteiger partial charge in [0.05, 0.1) is 0 Å². The summed E-state index contributed by atoms with van der Waals surface area (Å²) in [4.78, 5) is 10.4. The summed E-state index contributed by atoms with van der Waals surface area (Å²) in [5.74, 6) is 1.25. The number of rotatable bonds is 3. The second kappa shape index (κ2) is 5.60. The molecule has 0 N–H and O–H groups in total. The number of hydrogen-bond acceptors (Lipinski definition) is 5. The maximum atomic E-state index is 8.79. The topological polar surface area (TPSA) is 62.0 Å². The first-order valence-corrected chi connectivity index (χ1v) is 5.81. The fourth-order valence-corrected chi connectivity index (χ4v) is 1.99. The Morgan fingerprint density at radius 3 is 3.00 bits per heavy atom. The fraction of sp³-hybridized carbons (Fsp3) is 0.583. The Labute approximate surface area is 101 Å². The van der Waals surface area contributed by atoms with Gasteiger partial charge in [-0.1, -0.05) is 0 Å². The smallest absolute Gasteiger partial charge is 0.226 e. The van der Waals surface area contributed by atoms with Crippen LogP contribution in [0.4, 0.5) is 5.95 Å². The molecule has 1 aromatic rings. The van der Waals surface area contributed by atoms with E-state index < -0.39 is 0 Å². The van der Waals surface area contributed by atoms with E-state index in [2.05, 4.69) is 9.97 Å². The molecular formula is C12H16N4O. The zero-order chi connectivity index (χ0) is 12.1. The zero-order valence-electron chi connectivity index (χ0n) is 9.96. The number of aromatic nitrogens is 2. The Bertz CT molecular complexity index is 409. The average molecular weight is 232 g/mol. The average Bonchev–Trinajstić information content (AvgIpc) is 2.40. The van der Waals surface area contributed by atoms with Gasteiger partial charge in [0.15, 0.2) is 0 Å². The number of anilines is 1. The monoisotopic (exact) mass is 232 g/mol. The molecule has 5 heteroatoms. The van der Waals surface area contributed by atoms with Gasteiger partial charge in [-0.25, -0.2) is 9.97 Å². The highest BCUT2D eigenvalue weighted by molar-refractivity contribution is 5.32. The Kier molecular flexibility index (Phi) is 3.89. The van der Waals surface area contributed by atoms with Crippen LogP contribution < -0.4 is 4.90 Å². The van der Waals surface area contributed by atoms with Gasteiger partial charge >= 0.3 is 0 Å². The maximum Gasteiger partial charge on any atom is 0.226 e. The third-order valence-corrected chi connectivity index (χ3v) is 2.97. The van der Waals surface area contributed by atoms with Crippen LogP contribution in [0.5, 0.6) is 0 Å². The van der Waals surface area contributed by atoms with E-state index in [1.807, 2.05) is 18.0 Å². The molecule has 0 atom stereocenters. The maximum absolute atomic E-state index is 8.79. The third kappa shape index (κ3) is 3.14. The van der Waals surface area contributed by atoms with E-state index in [1.165, 1.54) is 0 Å². The zero-order valence-corrected chi connectivity index (χ0v) is 9.96. The van der Waals surface area contributed by atoms with Crippen molar-refractivity contribution < 1.29 is 4.74 Å². The molecule has 1 aromatic heterocycles. The summed E-state index contributed by atoms with van der Waals surface area (Å²) in [6.07, 6.45) is 3.80. The van der Waals surface area contributed by atoms with E-state index in [1.54, 1.807) is 12.3 Å². The van der Waals surface area contributed by atoms with Gasteiger partial charge in [-0.05, 0) is 24.8 Å². The molecule has 2 rings (SSSR count). The van der Waals surface area contributed by atoms with Gasteiger partial charge in [-0.3, -0.25) is 0 Å². The summed E-state index contributed by atoms with van der Waals surface area (Å²) in [6, 6.07) is 3.64. The summed E-state index contributed by atoms with van der Waals surface area (Å²) in [6.45, 7) is 2.60. The summed E-state index contributed by atoms with van der Waals surface area (Å²) in [5, 5.41) is 8.79. The molecule has 0 spiro atoms. The third-order valence-electron chi connectivity index (χ3n) is 2.97. The van der Waals surface area contributed by atoms with Gasteiger partial charge in [-0.15, -0.1) is 0 Å². The van der Waals surface area contributed by atoms with Crippen LogP contribution in [0.2, 0.25) is 0 Å². The van der Waals surface area contributed by atoms with Crippen molar-refractivity contribution in [1.82, 2.24) is 9.97 Å². The van der Waals surface area contributed by atoms with Gasteiger partial charge in [0.2, 0.25) is 5.95 Å². The second-order valence-corrected chi connectivity index (χ2v) is 4.29. The Morgan fingerprint density at radius 1 is 1.53 bits per heavy atom. The number of hydrogen-bond donors (Lipinski definition) is 0. The highest BCUT2D eigenvalue weighted by Gasteiger charge is 2.17. The number of ether oxygens (including phenoxy) is 1. The van der Waals surface area contributed by atoms with E-state index in [4.69, 9.17) is 10.00 Å². The lowest BCUT2D eigenvalue weighted by Gasteiger charge is -2.27. The minimum Gasteiger partial charge on any atom is -0.381 e. The van der Waals surface area contributed by atoms with Gasteiger partial charge < -0.3 is 9.64 Å². The first-order chi connectivity index (χ1) is 8.29. The van der Waals surface area contributed by atoms with Crippen molar-refractivity contribution >= 4 is 5.95 Å². The molecule has 1 aliphatic rings. The summed E-state index contributed by atoms with van der Waals surface area (Å²) in [7, 11) is 1.96. The van der Waals surface area contributed by atoms with E-state index in [-0.39, 0.29) is 0 Å². The highest BCUT2D eigenvalue weighted by Crippen LogP contribution is 2.17. The van der Waals surface area contributed by atoms with Crippen molar-refractivity contribution in [2.45, 2.75) is 12.8 Å². The van der Waals surface area contributed by atoms with Gasteiger partial charge in [0, 0.05) is 33.0 Å². The molecule has 0 radical (unpaired) electrons. The minimum absolute atomic E-state index is 0.411. The second-order valence-electron chi connectivity index (χ2n) is 4.29. The van der Waals surface area contributed by atoms with Crippen molar-refractivity contribution in [3.8, 4) is 6.07 Å². The molecule has 1 fully saturated rings. The highest BCUT2D eigenvalue weighted by atomic mass is 16.5. The molecule has 1 saturated heterocycles. The molecule has 90 valence electrons. The van der Waals surface area contributed by atoms with Crippen molar-refractivity contribution in [2.75, 3.05) is 31.7 Å².